The zero-order valence-corrected chi connectivity index (χ0v) is 6.63. The van der Waals surface area contributed by atoms with Crippen molar-refractivity contribution in [2.45, 2.75) is 32.5 Å². The topological polar surface area (TPSA) is 29.5 Å². The van der Waals surface area contributed by atoms with Crippen molar-refractivity contribution in [3.63, 3.8) is 0 Å². The monoisotopic (exact) mass is 143 g/mol. The maximum Gasteiger partial charge on any atom is 0.212 e. The van der Waals surface area contributed by atoms with Gasteiger partial charge in [0.25, 0.3) is 0 Å². The van der Waals surface area contributed by atoms with Crippen LogP contribution < -0.4 is 0 Å². The molecule has 0 N–H and O–H groups in total. The number of hydrogen-bond acceptors (Lipinski definition) is 2. The molecule has 58 valence electrons. The van der Waals surface area contributed by atoms with Crippen LogP contribution in [0.5, 0.6) is 0 Å². The molecular formula is C7H13NO2. The molecule has 10 heavy (non-hydrogen) atoms. The van der Waals surface area contributed by atoms with Crippen LogP contribution in [0.1, 0.15) is 20.8 Å². The summed E-state index contributed by atoms with van der Waals surface area (Å²) in [6.45, 7) is 6.49. The van der Waals surface area contributed by atoms with E-state index in [2.05, 4.69) is 0 Å². The van der Waals surface area contributed by atoms with E-state index in [1.54, 1.807) is 4.90 Å². The Labute approximate surface area is 61.0 Å². The van der Waals surface area contributed by atoms with Crippen LogP contribution in [0.15, 0.2) is 0 Å². The van der Waals surface area contributed by atoms with Crippen LogP contribution >= 0.6 is 0 Å². The first-order valence-electron chi connectivity index (χ1n) is 3.43. The minimum atomic E-state index is -0.124. The average Bonchev–Trinajstić information content (AvgIpc) is 2.07. The van der Waals surface area contributed by atoms with E-state index in [4.69, 9.17) is 4.74 Å². The van der Waals surface area contributed by atoms with Gasteiger partial charge in [0.1, 0.15) is 6.23 Å². The second-order valence-electron chi connectivity index (χ2n) is 3.24. The van der Waals surface area contributed by atoms with Gasteiger partial charge < -0.3 is 9.64 Å². The highest BCUT2D eigenvalue weighted by Crippen LogP contribution is 2.23. The highest BCUT2D eigenvalue weighted by molar-refractivity contribution is 5.49. The highest BCUT2D eigenvalue weighted by Gasteiger charge is 2.36. The van der Waals surface area contributed by atoms with E-state index >= 15 is 0 Å². The van der Waals surface area contributed by atoms with Gasteiger partial charge in [-0.2, -0.15) is 0 Å². The standard InChI is InChI=1S/C7H13NO2/c1-6-8(5-9)7(2,3)4-10-6/h5-6H,4H2,1-3H3. The zero-order chi connectivity index (χ0) is 7.78. The third-order valence-electron chi connectivity index (χ3n) is 1.88. The van der Waals surface area contributed by atoms with Gasteiger partial charge in [-0.25, -0.2) is 0 Å². The fourth-order valence-electron chi connectivity index (χ4n) is 1.20. The Morgan fingerprint density at radius 1 is 1.70 bits per heavy atom. The highest BCUT2D eigenvalue weighted by atomic mass is 16.5. The first kappa shape index (κ1) is 7.54. The normalized spacial score (nSPS) is 30.7. The van der Waals surface area contributed by atoms with Gasteiger partial charge in [-0.15, -0.1) is 0 Å². The molecule has 1 fully saturated rings. The second-order valence-corrected chi connectivity index (χ2v) is 3.24. The molecule has 1 heterocycles. The summed E-state index contributed by atoms with van der Waals surface area (Å²) in [7, 11) is 0. The van der Waals surface area contributed by atoms with Gasteiger partial charge >= 0.3 is 0 Å². The van der Waals surface area contributed by atoms with Crippen molar-refractivity contribution in [3.8, 4) is 0 Å². The first-order chi connectivity index (χ1) is 4.58. The van der Waals surface area contributed by atoms with Gasteiger partial charge in [0.2, 0.25) is 6.41 Å². The van der Waals surface area contributed by atoms with Crippen molar-refractivity contribution in [1.82, 2.24) is 4.90 Å². The Bertz CT molecular complexity index is 145. The van der Waals surface area contributed by atoms with Crippen LogP contribution in [0, 0.1) is 0 Å². The summed E-state index contributed by atoms with van der Waals surface area (Å²) < 4.78 is 5.27. The molecule has 1 aliphatic heterocycles. The fourth-order valence-corrected chi connectivity index (χ4v) is 1.20. The zero-order valence-electron chi connectivity index (χ0n) is 6.63. The lowest BCUT2D eigenvalue weighted by Gasteiger charge is -2.27. The fraction of sp³-hybridized carbons (Fsp3) is 0.857. The van der Waals surface area contributed by atoms with E-state index in [0.717, 1.165) is 6.41 Å². The van der Waals surface area contributed by atoms with Crippen molar-refractivity contribution in [1.29, 1.82) is 0 Å². The third-order valence-corrected chi connectivity index (χ3v) is 1.88. The Hall–Kier alpha value is -0.570. The number of hydrogen-bond donors (Lipinski definition) is 0. The molecule has 0 saturated carbocycles. The van der Waals surface area contributed by atoms with Crippen LogP contribution in [0.4, 0.5) is 0 Å². The maximum atomic E-state index is 10.5. The predicted molar refractivity (Wildman–Crippen MR) is 37.4 cm³/mol. The van der Waals surface area contributed by atoms with E-state index in [9.17, 15) is 4.79 Å². The average molecular weight is 143 g/mol. The molecular weight excluding hydrogens is 130 g/mol. The molecule has 0 spiro atoms. The van der Waals surface area contributed by atoms with Crippen molar-refractivity contribution in [2.75, 3.05) is 6.61 Å². The smallest absolute Gasteiger partial charge is 0.212 e. The van der Waals surface area contributed by atoms with Crippen LogP contribution in [-0.4, -0.2) is 29.7 Å². The van der Waals surface area contributed by atoms with E-state index in [1.165, 1.54) is 0 Å². The lowest BCUT2D eigenvalue weighted by Crippen LogP contribution is -2.42. The second kappa shape index (κ2) is 2.23. The van der Waals surface area contributed by atoms with Crippen molar-refractivity contribution in [2.24, 2.45) is 0 Å². The van der Waals surface area contributed by atoms with Crippen LogP contribution in [-0.2, 0) is 9.53 Å². The summed E-state index contributed by atoms with van der Waals surface area (Å²) in [6.07, 6.45) is 0.782. The number of rotatable bonds is 1. The molecule has 0 radical (unpaired) electrons. The number of ether oxygens (including phenoxy) is 1. The van der Waals surface area contributed by atoms with Gasteiger partial charge in [-0.1, -0.05) is 0 Å². The molecule has 1 rings (SSSR count). The van der Waals surface area contributed by atoms with Gasteiger partial charge in [0.05, 0.1) is 12.1 Å². The molecule has 0 aromatic heterocycles. The largest absolute Gasteiger partial charge is 0.356 e. The molecule has 0 bridgehead atoms. The molecule has 0 aliphatic carbocycles. The Kier molecular flexibility index (Phi) is 1.68. The Morgan fingerprint density at radius 2 is 2.30 bits per heavy atom. The Morgan fingerprint density at radius 3 is 2.50 bits per heavy atom. The molecule has 1 amide bonds. The lowest BCUT2D eigenvalue weighted by atomic mass is 10.1. The molecule has 1 aliphatic rings. The van der Waals surface area contributed by atoms with E-state index < -0.39 is 0 Å². The molecule has 1 unspecified atom stereocenters. The minimum absolute atomic E-state index is 0.0625. The molecule has 3 nitrogen and oxygen atoms in total. The van der Waals surface area contributed by atoms with E-state index in [-0.39, 0.29) is 11.8 Å². The molecule has 1 saturated heterocycles. The SMILES string of the molecule is CC1OCC(C)(C)N1C=O. The molecule has 3 heteroatoms. The van der Waals surface area contributed by atoms with E-state index in [1.807, 2.05) is 20.8 Å². The van der Waals surface area contributed by atoms with Crippen LogP contribution in [0.25, 0.3) is 0 Å². The number of carbonyl (C=O) groups is 1. The molecule has 0 aromatic carbocycles. The van der Waals surface area contributed by atoms with Gasteiger partial charge in [0.15, 0.2) is 0 Å². The molecule has 1 atom stereocenters. The minimum Gasteiger partial charge on any atom is -0.356 e. The summed E-state index contributed by atoms with van der Waals surface area (Å²) >= 11 is 0. The number of amides is 1. The summed E-state index contributed by atoms with van der Waals surface area (Å²) in [5.74, 6) is 0. The van der Waals surface area contributed by atoms with Crippen molar-refractivity contribution in [3.05, 3.63) is 0 Å². The number of carbonyl (C=O) groups excluding carboxylic acids is 1. The molecule has 0 aromatic rings. The Balaban J connectivity index is 2.72. The van der Waals surface area contributed by atoms with Gasteiger partial charge in [0, 0.05) is 0 Å². The quantitative estimate of drug-likeness (QED) is 0.503. The van der Waals surface area contributed by atoms with Gasteiger partial charge in [-0.3, -0.25) is 4.79 Å². The van der Waals surface area contributed by atoms with Crippen LogP contribution in [0.3, 0.4) is 0 Å². The summed E-state index contributed by atoms with van der Waals surface area (Å²) in [5, 5.41) is 0. The first-order valence-corrected chi connectivity index (χ1v) is 3.43. The van der Waals surface area contributed by atoms with Crippen molar-refractivity contribution >= 4 is 6.41 Å². The van der Waals surface area contributed by atoms with Crippen LogP contribution in [0.2, 0.25) is 0 Å². The third kappa shape index (κ3) is 1.01. The summed E-state index contributed by atoms with van der Waals surface area (Å²) in [5.41, 5.74) is -0.124. The van der Waals surface area contributed by atoms with Crippen molar-refractivity contribution < 1.29 is 9.53 Å². The summed E-state index contributed by atoms with van der Waals surface area (Å²) in [6, 6.07) is 0. The number of nitrogens with zero attached hydrogens (tertiary/aromatic N) is 1. The summed E-state index contributed by atoms with van der Waals surface area (Å²) in [4.78, 5) is 12.2. The van der Waals surface area contributed by atoms with E-state index in [0.29, 0.717) is 6.61 Å². The predicted octanol–water partition coefficient (Wildman–Crippen LogP) is 0.600. The van der Waals surface area contributed by atoms with Gasteiger partial charge in [-0.05, 0) is 20.8 Å². The lowest BCUT2D eigenvalue weighted by molar-refractivity contribution is -0.125. The maximum absolute atomic E-state index is 10.5.